The molecule has 1 aliphatic carbocycles. The van der Waals surface area contributed by atoms with Gasteiger partial charge in [-0.05, 0) is 50.3 Å². The molecule has 0 unspecified atom stereocenters. The molecule has 0 atom stereocenters. The first-order valence-electron chi connectivity index (χ1n) is 7.61. The average molecular weight is 283 g/mol. The van der Waals surface area contributed by atoms with Crippen LogP contribution in [0.2, 0.25) is 0 Å². The smallest absolute Gasteiger partial charge is 0.227 e. The third kappa shape index (κ3) is 3.05. The minimum atomic E-state index is 0.116. The lowest BCUT2D eigenvalue weighted by Gasteiger charge is -2.26. The lowest BCUT2D eigenvalue weighted by Crippen LogP contribution is -2.29. The summed E-state index contributed by atoms with van der Waals surface area (Å²) in [6.45, 7) is 0.741. The quantitative estimate of drug-likeness (QED) is 0.910. The van der Waals surface area contributed by atoms with Crippen molar-refractivity contribution in [1.82, 2.24) is 4.98 Å². The zero-order chi connectivity index (χ0) is 14.7. The van der Waals surface area contributed by atoms with E-state index in [-0.39, 0.29) is 11.8 Å². The van der Waals surface area contributed by atoms with E-state index in [0.717, 1.165) is 48.7 Å². The molecule has 0 spiro atoms. The Kier molecular flexibility index (Phi) is 4.15. The molecule has 1 aromatic heterocycles. The van der Waals surface area contributed by atoms with Crippen molar-refractivity contribution < 1.29 is 4.79 Å². The maximum Gasteiger partial charge on any atom is 0.227 e. The second-order valence-corrected chi connectivity index (χ2v) is 5.84. The van der Waals surface area contributed by atoms with Crippen molar-refractivity contribution in [1.29, 1.82) is 0 Å². The Morgan fingerprint density at radius 1 is 1.24 bits per heavy atom. The minimum absolute atomic E-state index is 0.116. The van der Waals surface area contributed by atoms with Gasteiger partial charge in [-0.15, -0.1) is 0 Å². The highest BCUT2D eigenvalue weighted by molar-refractivity contribution is 6.02. The highest BCUT2D eigenvalue weighted by Crippen LogP contribution is 2.30. The van der Waals surface area contributed by atoms with Gasteiger partial charge in [-0.3, -0.25) is 9.78 Å². The molecule has 4 nitrogen and oxygen atoms in total. The molecule has 1 aromatic carbocycles. The van der Waals surface area contributed by atoms with E-state index in [1.807, 2.05) is 30.5 Å². The van der Waals surface area contributed by atoms with Crippen molar-refractivity contribution >= 4 is 22.4 Å². The van der Waals surface area contributed by atoms with Crippen LogP contribution in [0.3, 0.4) is 0 Å². The van der Waals surface area contributed by atoms with Gasteiger partial charge in [0, 0.05) is 34.8 Å². The third-order valence-electron chi connectivity index (χ3n) is 4.49. The summed E-state index contributed by atoms with van der Waals surface area (Å²) in [5, 5.41) is 5.17. The maximum absolute atomic E-state index is 12.4. The Morgan fingerprint density at radius 3 is 2.81 bits per heavy atom. The van der Waals surface area contributed by atoms with Crippen LogP contribution >= 0.6 is 0 Å². The molecule has 4 heteroatoms. The number of nitrogens with two attached hydrogens (primary N) is 1. The molecule has 0 bridgehead atoms. The lowest BCUT2D eigenvalue weighted by atomic mass is 9.81. The first kappa shape index (κ1) is 14.0. The van der Waals surface area contributed by atoms with Gasteiger partial charge in [0.1, 0.15) is 0 Å². The molecule has 1 amide bonds. The number of nitrogens with zero attached hydrogens (tertiary/aromatic N) is 1. The van der Waals surface area contributed by atoms with E-state index < -0.39 is 0 Å². The fourth-order valence-electron chi connectivity index (χ4n) is 3.13. The van der Waals surface area contributed by atoms with Crippen LogP contribution in [0.4, 0.5) is 5.69 Å². The number of aromatic nitrogens is 1. The molecule has 1 heterocycles. The predicted molar refractivity (Wildman–Crippen MR) is 84.9 cm³/mol. The SMILES string of the molecule is NCC1CCC(C(=O)Nc2cccc3cnccc23)CC1. The Bertz CT molecular complexity index is 627. The van der Waals surface area contributed by atoms with Gasteiger partial charge in [0.05, 0.1) is 0 Å². The van der Waals surface area contributed by atoms with E-state index in [0.29, 0.717) is 5.92 Å². The van der Waals surface area contributed by atoms with Crippen LogP contribution in [-0.2, 0) is 4.79 Å². The van der Waals surface area contributed by atoms with Crippen LogP contribution in [0.25, 0.3) is 10.8 Å². The summed E-state index contributed by atoms with van der Waals surface area (Å²) in [5.41, 5.74) is 6.58. The molecule has 0 aliphatic heterocycles. The normalized spacial score (nSPS) is 22.1. The van der Waals surface area contributed by atoms with Gasteiger partial charge in [-0.25, -0.2) is 0 Å². The second kappa shape index (κ2) is 6.22. The topological polar surface area (TPSA) is 68.0 Å². The summed E-state index contributed by atoms with van der Waals surface area (Å²) < 4.78 is 0. The van der Waals surface area contributed by atoms with E-state index in [1.165, 1.54) is 0 Å². The van der Waals surface area contributed by atoms with Crippen LogP contribution in [-0.4, -0.2) is 17.4 Å². The van der Waals surface area contributed by atoms with Crippen molar-refractivity contribution in [2.75, 3.05) is 11.9 Å². The van der Waals surface area contributed by atoms with Gasteiger partial charge in [0.15, 0.2) is 0 Å². The molecule has 0 saturated heterocycles. The first-order valence-corrected chi connectivity index (χ1v) is 7.61. The van der Waals surface area contributed by atoms with Crippen molar-refractivity contribution in [3.63, 3.8) is 0 Å². The molecule has 3 N–H and O–H groups in total. The number of anilines is 1. The number of amides is 1. The van der Waals surface area contributed by atoms with Crippen LogP contribution < -0.4 is 11.1 Å². The van der Waals surface area contributed by atoms with Gasteiger partial charge in [0.25, 0.3) is 0 Å². The highest BCUT2D eigenvalue weighted by Gasteiger charge is 2.25. The number of fused-ring (bicyclic) bond motifs is 1. The lowest BCUT2D eigenvalue weighted by molar-refractivity contribution is -0.121. The summed E-state index contributed by atoms with van der Waals surface area (Å²) in [7, 11) is 0. The molecule has 1 fully saturated rings. The maximum atomic E-state index is 12.4. The molecule has 1 saturated carbocycles. The average Bonchev–Trinajstić information content (AvgIpc) is 2.55. The van der Waals surface area contributed by atoms with Gasteiger partial charge >= 0.3 is 0 Å². The predicted octanol–water partition coefficient (Wildman–Crippen LogP) is 2.94. The standard InChI is InChI=1S/C17H21N3O/c18-10-12-4-6-13(7-5-12)17(21)20-16-3-1-2-14-11-19-9-8-15(14)16/h1-3,8-9,11-13H,4-7,10,18H2,(H,20,21). The van der Waals surface area contributed by atoms with Crippen LogP contribution in [0, 0.1) is 11.8 Å². The largest absolute Gasteiger partial charge is 0.330 e. The van der Waals surface area contributed by atoms with Gasteiger partial charge < -0.3 is 11.1 Å². The summed E-state index contributed by atoms with van der Waals surface area (Å²) in [6.07, 6.45) is 7.59. The van der Waals surface area contributed by atoms with Crippen LogP contribution in [0.1, 0.15) is 25.7 Å². The molecule has 2 aromatic rings. The van der Waals surface area contributed by atoms with Crippen LogP contribution in [0.15, 0.2) is 36.7 Å². The summed E-state index contributed by atoms with van der Waals surface area (Å²) in [5.74, 6) is 0.845. The van der Waals surface area contributed by atoms with Gasteiger partial charge in [-0.1, -0.05) is 12.1 Å². The van der Waals surface area contributed by atoms with E-state index in [9.17, 15) is 4.79 Å². The number of benzene rings is 1. The molecule has 21 heavy (non-hydrogen) atoms. The number of pyridine rings is 1. The van der Waals surface area contributed by atoms with E-state index in [2.05, 4.69) is 10.3 Å². The number of carbonyl (C=O) groups excluding carboxylic acids is 1. The molecular weight excluding hydrogens is 262 g/mol. The Morgan fingerprint density at radius 2 is 2.05 bits per heavy atom. The minimum Gasteiger partial charge on any atom is -0.330 e. The molecule has 0 radical (unpaired) electrons. The molecule has 110 valence electrons. The van der Waals surface area contributed by atoms with Gasteiger partial charge in [0.2, 0.25) is 5.91 Å². The number of hydrogen-bond donors (Lipinski definition) is 2. The number of nitrogens with one attached hydrogen (secondary N) is 1. The Labute approximate surface area is 124 Å². The monoisotopic (exact) mass is 283 g/mol. The molecule has 1 aliphatic rings. The molecule has 3 rings (SSSR count). The second-order valence-electron chi connectivity index (χ2n) is 5.84. The number of carbonyl (C=O) groups is 1. The van der Waals surface area contributed by atoms with Gasteiger partial charge in [-0.2, -0.15) is 0 Å². The number of rotatable bonds is 3. The van der Waals surface area contributed by atoms with Crippen molar-refractivity contribution in [3.05, 3.63) is 36.7 Å². The van der Waals surface area contributed by atoms with Crippen molar-refractivity contribution in [2.24, 2.45) is 17.6 Å². The summed E-state index contributed by atoms with van der Waals surface area (Å²) in [4.78, 5) is 16.6. The fourth-order valence-corrected chi connectivity index (χ4v) is 3.13. The zero-order valence-electron chi connectivity index (χ0n) is 12.1. The fraction of sp³-hybridized carbons (Fsp3) is 0.412. The van der Waals surface area contributed by atoms with Crippen molar-refractivity contribution in [3.8, 4) is 0 Å². The zero-order valence-corrected chi connectivity index (χ0v) is 12.1. The van der Waals surface area contributed by atoms with Crippen molar-refractivity contribution in [2.45, 2.75) is 25.7 Å². The molecular formula is C17H21N3O. The first-order chi connectivity index (χ1) is 10.3. The van der Waals surface area contributed by atoms with Crippen LogP contribution in [0.5, 0.6) is 0 Å². The van der Waals surface area contributed by atoms with E-state index >= 15 is 0 Å². The number of hydrogen-bond acceptors (Lipinski definition) is 3. The Balaban J connectivity index is 1.72. The summed E-state index contributed by atoms with van der Waals surface area (Å²) in [6, 6.07) is 7.84. The Hall–Kier alpha value is -1.94. The van der Waals surface area contributed by atoms with E-state index in [1.54, 1.807) is 6.20 Å². The third-order valence-corrected chi connectivity index (χ3v) is 4.49. The summed E-state index contributed by atoms with van der Waals surface area (Å²) >= 11 is 0. The van der Waals surface area contributed by atoms with E-state index in [4.69, 9.17) is 5.73 Å². The highest BCUT2D eigenvalue weighted by atomic mass is 16.1.